The lowest BCUT2D eigenvalue weighted by Gasteiger charge is -2.12. The summed E-state index contributed by atoms with van der Waals surface area (Å²) in [6.45, 7) is 1.79. The van der Waals surface area contributed by atoms with Crippen LogP contribution in [0.5, 0.6) is 5.75 Å². The second kappa shape index (κ2) is 6.58. The molecule has 6 heteroatoms. The second-order valence-corrected chi connectivity index (χ2v) is 5.39. The van der Waals surface area contributed by atoms with Gasteiger partial charge in [-0.05, 0) is 24.6 Å². The van der Waals surface area contributed by atoms with Gasteiger partial charge in [-0.25, -0.2) is 4.98 Å². The molecule has 0 aliphatic carbocycles. The van der Waals surface area contributed by atoms with E-state index in [2.05, 4.69) is 9.97 Å². The molecular formula is C14H17N3O2S. The van der Waals surface area contributed by atoms with Crippen molar-refractivity contribution in [1.29, 1.82) is 0 Å². The van der Waals surface area contributed by atoms with Gasteiger partial charge in [0.15, 0.2) is 5.16 Å². The maximum absolute atomic E-state index is 11.4. The number of hydrogen-bond acceptors (Lipinski definition) is 5. The first-order valence-electron chi connectivity index (χ1n) is 6.19. The number of aromatic amines is 1. The molecule has 1 aromatic carbocycles. The lowest BCUT2D eigenvalue weighted by molar-refractivity contribution is 0.414. The van der Waals surface area contributed by atoms with Gasteiger partial charge in [-0.2, -0.15) is 0 Å². The summed E-state index contributed by atoms with van der Waals surface area (Å²) in [7, 11) is 1.63. The first-order valence-corrected chi connectivity index (χ1v) is 7.17. The standard InChI is InChI=1S/C14H17N3O2S/c1-9-6-13(18)17-14(16-9)20-8-12(15)10-4-3-5-11(7-10)19-2/h3-7,12H,8,15H2,1-2H3,(H,16,17,18). The van der Waals surface area contributed by atoms with Gasteiger partial charge in [0.1, 0.15) is 5.75 Å². The lowest BCUT2D eigenvalue weighted by atomic mass is 10.1. The van der Waals surface area contributed by atoms with E-state index in [-0.39, 0.29) is 11.6 Å². The minimum absolute atomic E-state index is 0.144. The Morgan fingerprint density at radius 1 is 1.45 bits per heavy atom. The number of H-pyrrole nitrogens is 1. The van der Waals surface area contributed by atoms with Crippen LogP contribution < -0.4 is 16.0 Å². The molecule has 0 spiro atoms. The quantitative estimate of drug-likeness (QED) is 0.649. The summed E-state index contributed by atoms with van der Waals surface area (Å²) in [5, 5.41) is 0.591. The van der Waals surface area contributed by atoms with Crippen molar-refractivity contribution in [1.82, 2.24) is 9.97 Å². The number of aromatic nitrogens is 2. The third kappa shape index (κ3) is 3.85. The molecule has 0 saturated heterocycles. The molecule has 1 unspecified atom stereocenters. The van der Waals surface area contributed by atoms with Gasteiger partial charge in [0.25, 0.3) is 5.56 Å². The van der Waals surface area contributed by atoms with Crippen LogP contribution >= 0.6 is 11.8 Å². The van der Waals surface area contributed by atoms with Crippen molar-refractivity contribution in [3.8, 4) is 5.75 Å². The summed E-state index contributed by atoms with van der Waals surface area (Å²) in [5.74, 6) is 1.41. The zero-order chi connectivity index (χ0) is 14.5. The van der Waals surface area contributed by atoms with Crippen LogP contribution in [0.2, 0.25) is 0 Å². The Balaban J connectivity index is 2.04. The number of thioether (sulfide) groups is 1. The summed E-state index contributed by atoms with van der Waals surface area (Å²) in [6, 6.07) is 8.97. The van der Waals surface area contributed by atoms with Gasteiger partial charge in [-0.15, -0.1) is 0 Å². The number of rotatable bonds is 5. The Labute approximate surface area is 121 Å². The zero-order valence-corrected chi connectivity index (χ0v) is 12.2. The minimum atomic E-state index is -0.152. The SMILES string of the molecule is COc1cccc(C(N)CSc2nc(C)cc(=O)[nH]2)c1. The highest BCUT2D eigenvalue weighted by molar-refractivity contribution is 7.99. The van der Waals surface area contributed by atoms with E-state index in [0.717, 1.165) is 11.3 Å². The number of nitrogens with one attached hydrogen (secondary N) is 1. The zero-order valence-electron chi connectivity index (χ0n) is 11.4. The Kier molecular flexibility index (Phi) is 4.81. The normalized spacial score (nSPS) is 12.2. The van der Waals surface area contributed by atoms with Crippen LogP contribution in [0.25, 0.3) is 0 Å². The Hall–Kier alpha value is -1.79. The molecular weight excluding hydrogens is 274 g/mol. The van der Waals surface area contributed by atoms with E-state index in [1.165, 1.54) is 17.8 Å². The number of nitrogens with zero attached hydrogens (tertiary/aromatic N) is 1. The molecule has 0 amide bonds. The van der Waals surface area contributed by atoms with E-state index in [1.807, 2.05) is 24.3 Å². The van der Waals surface area contributed by atoms with Gasteiger partial charge in [-0.3, -0.25) is 4.79 Å². The summed E-state index contributed by atoms with van der Waals surface area (Å²) in [6.07, 6.45) is 0. The molecule has 1 aromatic heterocycles. The predicted molar refractivity (Wildman–Crippen MR) is 80.2 cm³/mol. The van der Waals surface area contributed by atoms with Crippen molar-refractivity contribution in [2.24, 2.45) is 5.73 Å². The molecule has 0 aliphatic rings. The van der Waals surface area contributed by atoms with Gasteiger partial charge in [0.05, 0.1) is 7.11 Å². The number of aryl methyl sites for hydroxylation is 1. The van der Waals surface area contributed by atoms with Crippen LogP contribution in [0.3, 0.4) is 0 Å². The van der Waals surface area contributed by atoms with Crippen molar-refractivity contribution in [2.45, 2.75) is 18.1 Å². The summed E-state index contributed by atoms with van der Waals surface area (Å²) >= 11 is 1.43. The molecule has 5 nitrogen and oxygen atoms in total. The highest BCUT2D eigenvalue weighted by atomic mass is 32.2. The number of hydrogen-bond donors (Lipinski definition) is 2. The number of methoxy groups -OCH3 is 1. The van der Waals surface area contributed by atoms with Crippen molar-refractivity contribution >= 4 is 11.8 Å². The molecule has 2 aromatic rings. The molecule has 0 aliphatic heterocycles. The first kappa shape index (κ1) is 14.6. The molecule has 0 saturated carbocycles. The molecule has 1 atom stereocenters. The van der Waals surface area contributed by atoms with E-state index >= 15 is 0 Å². The summed E-state index contributed by atoms with van der Waals surface area (Å²) in [4.78, 5) is 18.3. The Bertz CT molecular complexity index is 642. The molecule has 0 radical (unpaired) electrons. The fourth-order valence-electron chi connectivity index (χ4n) is 1.76. The topological polar surface area (TPSA) is 81.0 Å². The first-order chi connectivity index (χ1) is 9.58. The lowest BCUT2D eigenvalue weighted by Crippen LogP contribution is -2.14. The van der Waals surface area contributed by atoms with Crippen molar-refractivity contribution in [3.05, 3.63) is 51.9 Å². The van der Waals surface area contributed by atoms with Gasteiger partial charge >= 0.3 is 0 Å². The summed E-state index contributed by atoms with van der Waals surface area (Å²) in [5.41, 5.74) is 7.70. The summed E-state index contributed by atoms with van der Waals surface area (Å²) < 4.78 is 5.18. The van der Waals surface area contributed by atoms with E-state index in [0.29, 0.717) is 16.6 Å². The largest absolute Gasteiger partial charge is 0.497 e. The molecule has 0 fully saturated rings. The Morgan fingerprint density at radius 2 is 2.25 bits per heavy atom. The average molecular weight is 291 g/mol. The van der Waals surface area contributed by atoms with Crippen LogP contribution in [-0.4, -0.2) is 22.8 Å². The molecule has 20 heavy (non-hydrogen) atoms. The molecule has 2 rings (SSSR count). The highest BCUT2D eigenvalue weighted by Gasteiger charge is 2.09. The van der Waals surface area contributed by atoms with Crippen molar-refractivity contribution < 1.29 is 4.74 Å². The molecule has 3 N–H and O–H groups in total. The van der Waals surface area contributed by atoms with Crippen LogP contribution in [0.4, 0.5) is 0 Å². The van der Waals surface area contributed by atoms with Crippen molar-refractivity contribution in [3.63, 3.8) is 0 Å². The van der Waals surface area contributed by atoms with Crippen LogP contribution in [-0.2, 0) is 0 Å². The van der Waals surface area contributed by atoms with Crippen molar-refractivity contribution in [2.75, 3.05) is 12.9 Å². The highest BCUT2D eigenvalue weighted by Crippen LogP contribution is 2.22. The van der Waals surface area contributed by atoms with E-state index in [4.69, 9.17) is 10.5 Å². The van der Waals surface area contributed by atoms with Gasteiger partial charge < -0.3 is 15.5 Å². The smallest absolute Gasteiger partial charge is 0.251 e. The molecule has 1 heterocycles. The number of nitrogens with two attached hydrogens (primary N) is 1. The maximum Gasteiger partial charge on any atom is 0.251 e. The monoisotopic (exact) mass is 291 g/mol. The van der Waals surface area contributed by atoms with Gasteiger partial charge in [-0.1, -0.05) is 23.9 Å². The van der Waals surface area contributed by atoms with E-state index < -0.39 is 0 Å². The fraction of sp³-hybridized carbons (Fsp3) is 0.286. The van der Waals surface area contributed by atoms with Crippen LogP contribution in [0.15, 0.2) is 40.3 Å². The number of ether oxygens (including phenoxy) is 1. The minimum Gasteiger partial charge on any atom is -0.497 e. The maximum atomic E-state index is 11.4. The average Bonchev–Trinajstić information content (AvgIpc) is 2.44. The fourth-order valence-corrected chi connectivity index (χ4v) is 2.67. The third-order valence-corrected chi connectivity index (χ3v) is 3.76. The van der Waals surface area contributed by atoms with Gasteiger partial charge in [0.2, 0.25) is 0 Å². The third-order valence-electron chi connectivity index (χ3n) is 2.77. The number of benzene rings is 1. The van der Waals surface area contributed by atoms with Gasteiger partial charge in [0, 0.05) is 23.6 Å². The predicted octanol–water partition coefficient (Wildman–Crippen LogP) is 1.88. The van der Waals surface area contributed by atoms with Crippen LogP contribution in [0, 0.1) is 6.92 Å². The van der Waals surface area contributed by atoms with Crippen LogP contribution in [0.1, 0.15) is 17.3 Å². The van der Waals surface area contributed by atoms with E-state index in [9.17, 15) is 4.79 Å². The molecule has 106 valence electrons. The Morgan fingerprint density at radius 3 is 2.95 bits per heavy atom. The van der Waals surface area contributed by atoms with E-state index in [1.54, 1.807) is 14.0 Å². The second-order valence-electron chi connectivity index (χ2n) is 4.39. The molecule has 0 bridgehead atoms.